The number of fused-ring (bicyclic) bond motifs is 1. The molecule has 0 aliphatic carbocycles. The predicted octanol–water partition coefficient (Wildman–Crippen LogP) is 4.79. The molecular formula is C21H20F2N2O2. The Kier molecular flexibility index (Phi) is 4.79. The third-order valence-corrected chi connectivity index (χ3v) is 5.18. The summed E-state index contributed by atoms with van der Waals surface area (Å²) in [6, 6.07) is 14.4. The van der Waals surface area contributed by atoms with Crippen molar-refractivity contribution >= 4 is 16.8 Å². The molecule has 1 aromatic heterocycles. The highest BCUT2D eigenvalue weighted by molar-refractivity contribution is 5.97. The molecule has 27 heavy (non-hydrogen) atoms. The molecule has 2 heterocycles. The van der Waals surface area contributed by atoms with E-state index in [9.17, 15) is 13.6 Å². The summed E-state index contributed by atoms with van der Waals surface area (Å²) < 4.78 is 29.7. The number of amides is 1. The molecule has 1 aliphatic rings. The number of halogens is 2. The van der Waals surface area contributed by atoms with Crippen LogP contribution in [0.25, 0.3) is 10.9 Å². The van der Waals surface area contributed by atoms with E-state index in [1.807, 2.05) is 12.1 Å². The number of nitrogens with one attached hydrogen (secondary N) is 1. The van der Waals surface area contributed by atoms with Crippen molar-refractivity contribution in [3.05, 3.63) is 65.9 Å². The van der Waals surface area contributed by atoms with Crippen LogP contribution in [0.1, 0.15) is 34.7 Å². The first-order chi connectivity index (χ1) is 13.1. The van der Waals surface area contributed by atoms with Gasteiger partial charge in [-0.3, -0.25) is 4.79 Å². The SMILES string of the molecule is O=C(c1ccccc1OC(F)F)N1CCC(c2c[nH]c3ccccc23)CC1. The topological polar surface area (TPSA) is 45.3 Å². The van der Waals surface area contributed by atoms with Gasteiger partial charge in [0, 0.05) is 30.2 Å². The number of aromatic nitrogens is 1. The maximum Gasteiger partial charge on any atom is 0.387 e. The number of carbonyl (C=O) groups is 1. The van der Waals surface area contributed by atoms with Crippen LogP contribution in [0.5, 0.6) is 5.75 Å². The fourth-order valence-electron chi connectivity index (χ4n) is 3.84. The Bertz CT molecular complexity index is 946. The lowest BCUT2D eigenvalue weighted by atomic mass is 9.89. The van der Waals surface area contributed by atoms with Crippen LogP contribution in [0, 0.1) is 0 Å². The van der Waals surface area contributed by atoms with Gasteiger partial charge in [-0.05, 0) is 42.5 Å². The minimum atomic E-state index is -2.95. The van der Waals surface area contributed by atoms with Gasteiger partial charge in [0.25, 0.3) is 5.91 Å². The van der Waals surface area contributed by atoms with Crippen molar-refractivity contribution in [1.82, 2.24) is 9.88 Å². The number of ether oxygens (including phenoxy) is 1. The quantitative estimate of drug-likeness (QED) is 0.718. The molecule has 1 N–H and O–H groups in total. The highest BCUT2D eigenvalue weighted by Gasteiger charge is 2.27. The second-order valence-corrected chi connectivity index (χ2v) is 6.73. The molecule has 4 rings (SSSR count). The van der Waals surface area contributed by atoms with Gasteiger partial charge < -0.3 is 14.6 Å². The molecule has 0 saturated carbocycles. The first-order valence-electron chi connectivity index (χ1n) is 9.02. The second kappa shape index (κ2) is 7.39. The average Bonchev–Trinajstić information content (AvgIpc) is 3.12. The van der Waals surface area contributed by atoms with Crippen molar-refractivity contribution < 1.29 is 18.3 Å². The van der Waals surface area contributed by atoms with E-state index in [1.54, 1.807) is 17.0 Å². The van der Waals surface area contributed by atoms with Crippen LogP contribution in [0.2, 0.25) is 0 Å². The van der Waals surface area contributed by atoms with Crippen molar-refractivity contribution in [2.24, 2.45) is 0 Å². The Hall–Kier alpha value is -2.89. The maximum absolute atomic E-state index is 12.8. The molecule has 0 atom stereocenters. The van der Waals surface area contributed by atoms with E-state index in [0.717, 1.165) is 18.4 Å². The number of hydrogen-bond donors (Lipinski definition) is 1. The highest BCUT2D eigenvalue weighted by atomic mass is 19.3. The van der Waals surface area contributed by atoms with Gasteiger partial charge in [0.15, 0.2) is 0 Å². The molecular weight excluding hydrogens is 350 g/mol. The summed E-state index contributed by atoms with van der Waals surface area (Å²) in [5.74, 6) is 0.0395. The average molecular weight is 370 g/mol. The predicted molar refractivity (Wildman–Crippen MR) is 99.3 cm³/mol. The Labute approximate surface area is 155 Å². The minimum Gasteiger partial charge on any atom is -0.434 e. The maximum atomic E-state index is 12.8. The number of benzene rings is 2. The highest BCUT2D eigenvalue weighted by Crippen LogP contribution is 2.34. The Morgan fingerprint density at radius 2 is 1.78 bits per heavy atom. The minimum absolute atomic E-state index is 0.0729. The number of nitrogens with zero attached hydrogens (tertiary/aromatic N) is 1. The Balaban J connectivity index is 1.47. The summed E-state index contributed by atoms with van der Waals surface area (Å²) >= 11 is 0. The summed E-state index contributed by atoms with van der Waals surface area (Å²) in [5.41, 5.74) is 2.58. The lowest BCUT2D eigenvalue weighted by Gasteiger charge is -2.32. The molecule has 140 valence electrons. The molecule has 1 amide bonds. The van der Waals surface area contributed by atoms with E-state index in [0.29, 0.717) is 19.0 Å². The molecule has 0 bridgehead atoms. The third-order valence-electron chi connectivity index (χ3n) is 5.18. The smallest absolute Gasteiger partial charge is 0.387 e. The van der Waals surface area contributed by atoms with Crippen molar-refractivity contribution in [2.75, 3.05) is 13.1 Å². The largest absolute Gasteiger partial charge is 0.434 e. The zero-order chi connectivity index (χ0) is 18.8. The van der Waals surface area contributed by atoms with Gasteiger partial charge >= 0.3 is 6.61 Å². The number of H-pyrrole nitrogens is 1. The van der Waals surface area contributed by atoms with Gasteiger partial charge in [0.05, 0.1) is 5.56 Å². The van der Waals surface area contributed by atoms with Gasteiger partial charge in [-0.25, -0.2) is 0 Å². The fraction of sp³-hybridized carbons (Fsp3) is 0.286. The van der Waals surface area contributed by atoms with Crippen molar-refractivity contribution in [3.63, 3.8) is 0 Å². The van der Waals surface area contributed by atoms with Gasteiger partial charge in [-0.1, -0.05) is 30.3 Å². The van der Waals surface area contributed by atoms with E-state index >= 15 is 0 Å². The zero-order valence-electron chi connectivity index (χ0n) is 14.7. The Morgan fingerprint density at radius 3 is 2.56 bits per heavy atom. The molecule has 0 spiro atoms. The van der Waals surface area contributed by atoms with E-state index in [2.05, 4.69) is 28.1 Å². The van der Waals surface area contributed by atoms with E-state index < -0.39 is 6.61 Å². The van der Waals surface area contributed by atoms with Crippen LogP contribution in [-0.2, 0) is 0 Å². The van der Waals surface area contributed by atoms with Crippen molar-refractivity contribution in [2.45, 2.75) is 25.4 Å². The van der Waals surface area contributed by atoms with Crippen molar-refractivity contribution in [1.29, 1.82) is 0 Å². The van der Waals surface area contributed by atoms with Crippen LogP contribution in [0.15, 0.2) is 54.7 Å². The summed E-state index contributed by atoms with van der Waals surface area (Å²) in [4.78, 5) is 17.8. The number of likely N-dealkylation sites (tertiary alicyclic amines) is 1. The van der Waals surface area contributed by atoms with E-state index in [4.69, 9.17) is 0 Å². The standard InChI is InChI=1S/C21H20F2N2O2/c22-21(23)27-19-8-4-2-6-16(19)20(26)25-11-9-14(10-12-25)17-13-24-18-7-3-1-5-15(17)18/h1-8,13-14,21,24H,9-12H2. The fourth-order valence-corrected chi connectivity index (χ4v) is 3.84. The number of hydrogen-bond acceptors (Lipinski definition) is 2. The number of piperidine rings is 1. The molecule has 3 aromatic rings. The lowest BCUT2D eigenvalue weighted by molar-refractivity contribution is -0.0503. The first kappa shape index (κ1) is 17.5. The number of aromatic amines is 1. The molecule has 1 aliphatic heterocycles. The second-order valence-electron chi connectivity index (χ2n) is 6.73. The molecule has 0 unspecified atom stereocenters. The number of alkyl halides is 2. The summed E-state index contributed by atoms with van der Waals surface area (Å²) in [5, 5.41) is 1.22. The van der Waals surface area contributed by atoms with Gasteiger partial charge in [0.2, 0.25) is 0 Å². The van der Waals surface area contributed by atoms with Gasteiger partial charge in [-0.2, -0.15) is 8.78 Å². The monoisotopic (exact) mass is 370 g/mol. The van der Waals surface area contributed by atoms with E-state index in [-0.39, 0.29) is 17.2 Å². The molecule has 2 aromatic carbocycles. The zero-order valence-corrected chi connectivity index (χ0v) is 14.7. The summed E-state index contributed by atoms with van der Waals surface area (Å²) in [6.07, 6.45) is 3.73. The molecule has 0 radical (unpaired) electrons. The van der Waals surface area contributed by atoms with Crippen LogP contribution in [0.3, 0.4) is 0 Å². The third kappa shape index (κ3) is 3.52. The van der Waals surface area contributed by atoms with Crippen LogP contribution in [0.4, 0.5) is 8.78 Å². The van der Waals surface area contributed by atoms with Crippen LogP contribution in [-0.4, -0.2) is 35.5 Å². The van der Waals surface area contributed by atoms with Gasteiger partial charge in [-0.15, -0.1) is 0 Å². The molecule has 4 nitrogen and oxygen atoms in total. The Morgan fingerprint density at radius 1 is 1.07 bits per heavy atom. The van der Waals surface area contributed by atoms with Gasteiger partial charge in [0.1, 0.15) is 5.75 Å². The summed E-state index contributed by atoms with van der Waals surface area (Å²) in [7, 11) is 0. The molecule has 1 saturated heterocycles. The first-order valence-corrected chi connectivity index (χ1v) is 9.02. The van der Waals surface area contributed by atoms with Crippen LogP contribution < -0.4 is 4.74 Å². The lowest BCUT2D eigenvalue weighted by Crippen LogP contribution is -2.38. The number of carbonyl (C=O) groups excluding carboxylic acids is 1. The normalized spacial score (nSPS) is 15.4. The van der Waals surface area contributed by atoms with E-state index in [1.165, 1.54) is 23.1 Å². The molecule has 6 heteroatoms. The molecule has 1 fully saturated rings. The summed E-state index contributed by atoms with van der Waals surface area (Å²) in [6.45, 7) is -1.77. The number of rotatable bonds is 4. The van der Waals surface area contributed by atoms with Crippen molar-refractivity contribution in [3.8, 4) is 5.75 Å². The number of para-hydroxylation sites is 2. The van der Waals surface area contributed by atoms with Crippen LogP contribution >= 0.6 is 0 Å².